The molecule has 188 valence electrons. The molecule has 2 aromatic heterocycles. The van der Waals surface area contributed by atoms with Crippen LogP contribution in [0.5, 0.6) is 5.75 Å². The Balaban J connectivity index is 1.42. The van der Waals surface area contributed by atoms with Gasteiger partial charge in [0.15, 0.2) is 5.75 Å². The molecule has 8 heteroatoms. The summed E-state index contributed by atoms with van der Waals surface area (Å²) in [6, 6.07) is 24.1. The summed E-state index contributed by atoms with van der Waals surface area (Å²) < 4.78 is 35.5. The SMILES string of the molecule is O=S(=O)(Oc1ccccc1-c1nc2ccc(Br)cn2c1NC1CCCCC1)c1ccc2ccccc2c1. The summed E-state index contributed by atoms with van der Waals surface area (Å²) in [7, 11) is -4.07. The molecule has 0 bridgehead atoms. The highest BCUT2D eigenvalue weighted by Gasteiger charge is 2.24. The molecule has 0 amide bonds. The van der Waals surface area contributed by atoms with Crippen LogP contribution in [0.25, 0.3) is 27.7 Å². The molecule has 0 radical (unpaired) electrons. The normalized spacial score (nSPS) is 14.7. The van der Waals surface area contributed by atoms with Crippen molar-refractivity contribution in [1.29, 1.82) is 0 Å². The van der Waals surface area contributed by atoms with Crippen LogP contribution in [0.1, 0.15) is 32.1 Å². The number of para-hydroxylation sites is 1. The van der Waals surface area contributed by atoms with Crippen molar-refractivity contribution in [2.75, 3.05) is 5.32 Å². The average Bonchev–Trinajstić information content (AvgIpc) is 3.26. The molecule has 37 heavy (non-hydrogen) atoms. The second-order valence-electron chi connectivity index (χ2n) is 9.41. The lowest BCUT2D eigenvalue weighted by Gasteiger charge is -2.24. The molecule has 5 aromatic rings. The van der Waals surface area contributed by atoms with Gasteiger partial charge < -0.3 is 9.50 Å². The molecule has 0 saturated heterocycles. The van der Waals surface area contributed by atoms with Crippen LogP contribution in [-0.2, 0) is 10.1 Å². The number of nitrogens with zero attached hydrogens (tertiary/aromatic N) is 2. The Hall–Kier alpha value is -3.36. The van der Waals surface area contributed by atoms with E-state index in [0.29, 0.717) is 17.3 Å². The Bertz CT molecular complexity index is 1710. The Kier molecular flexibility index (Phi) is 6.38. The zero-order chi connectivity index (χ0) is 25.4. The number of fused-ring (bicyclic) bond motifs is 2. The van der Waals surface area contributed by atoms with Crippen LogP contribution in [0.2, 0.25) is 0 Å². The van der Waals surface area contributed by atoms with Gasteiger partial charge in [-0.15, -0.1) is 0 Å². The molecule has 0 atom stereocenters. The number of hydrogen-bond donors (Lipinski definition) is 1. The lowest BCUT2D eigenvalue weighted by molar-refractivity contribution is 0.461. The summed E-state index contributed by atoms with van der Waals surface area (Å²) in [5, 5.41) is 5.52. The summed E-state index contributed by atoms with van der Waals surface area (Å²) in [4.78, 5) is 5.01. The Morgan fingerprint density at radius 1 is 0.892 bits per heavy atom. The van der Waals surface area contributed by atoms with Gasteiger partial charge in [-0.05, 0) is 75.9 Å². The largest absolute Gasteiger partial charge is 0.378 e. The van der Waals surface area contributed by atoms with Crippen LogP contribution >= 0.6 is 15.9 Å². The van der Waals surface area contributed by atoms with Crippen LogP contribution in [-0.4, -0.2) is 23.8 Å². The minimum Gasteiger partial charge on any atom is -0.378 e. The fourth-order valence-corrected chi connectivity index (χ4v) is 6.33. The number of anilines is 1. The quantitative estimate of drug-likeness (QED) is 0.213. The molecule has 0 aliphatic heterocycles. The van der Waals surface area contributed by atoms with Gasteiger partial charge in [-0.25, -0.2) is 4.98 Å². The molecule has 1 aliphatic rings. The molecule has 0 unspecified atom stereocenters. The van der Waals surface area contributed by atoms with Crippen molar-refractivity contribution in [3.63, 3.8) is 0 Å². The predicted octanol–water partition coefficient (Wildman–Crippen LogP) is 7.43. The minimum absolute atomic E-state index is 0.112. The van der Waals surface area contributed by atoms with Gasteiger partial charge in [-0.1, -0.05) is 61.7 Å². The summed E-state index contributed by atoms with van der Waals surface area (Å²) in [5.74, 6) is 1.08. The fraction of sp³-hybridized carbons (Fsp3) is 0.207. The van der Waals surface area contributed by atoms with Gasteiger partial charge >= 0.3 is 10.1 Å². The number of aromatic nitrogens is 2. The molecule has 1 aliphatic carbocycles. The van der Waals surface area contributed by atoms with Crippen LogP contribution in [0.15, 0.2) is 94.4 Å². The zero-order valence-electron chi connectivity index (χ0n) is 20.1. The summed E-state index contributed by atoms with van der Waals surface area (Å²) >= 11 is 3.57. The Morgan fingerprint density at radius 2 is 1.65 bits per heavy atom. The van der Waals surface area contributed by atoms with E-state index in [2.05, 4.69) is 21.2 Å². The summed E-state index contributed by atoms with van der Waals surface area (Å²) in [5.41, 5.74) is 2.04. The second kappa shape index (κ2) is 9.84. The highest BCUT2D eigenvalue weighted by Crippen LogP contribution is 2.38. The molecular weight excluding hydrogens is 550 g/mol. The van der Waals surface area contributed by atoms with Crippen molar-refractivity contribution in [2.24, 2.45) is 0 Å². The average molecular weight is 577 g/mol. The van der Waals surface area contributed by atoms with Gasteiger partial charge in [0, 0.05) is 22.3 Å². The van der Waals surface area contributed by atoms with E-state index in [1.807, 2.05) is 59.1 Å². The molecule has 3 aromatic carbocycles. The molecular formula is C29H26BrN3O3S. The van der Waals surface area contributed by atoms with Crippen LogP contribution in [0.4, 0.5) is 5.82 Å². The highest BCUT2D eigenvalue weighted by atomic mass is 79.9. The van der Waals surface area contributed by atoms with Gasteiger partial charge in [-0.3, -0.25) is 4.40 Å². The van der Waals surface area contributed by atoms with E-state index in [9.17, 15) is 8.42 Å². The van der Waals surface area contributed by atoms with Gasteiger partial charge in [0.25, 0.3) is 0 Å². The second-order valence-corrected chi connectivity index (χ2v) is 11.9. The first-order chi connectivity index (χ1) is 18.0. The molecule has 1 N–H and O–H groups in total. The van der Waals surface area contributed by atoms with Crippen molar-refractivity contribution in [1.82, 2.24) is 9.38 Å². The first-order valence-electron chi connectivity index (χ1n) is 12.4. The lowest BCUT2D eigenvalue weighted by atomic mass is 9.95. The van der Waals surface area contributed by atoms with Crippen molar-refractivity contribution in [2.45, 2.75) is 43.0 Å². The van der Waals surface area contributed by atoms with Crippen molar-refractivity contribution in [3.05, 3.63) is 89.5 Å². The maximum Gasteiger partial charge on any atom is 0.339 e. The molecule has 0 spiro atoms. The monoisotopic (exact) mass is 575 g/mol. The van der Waals surface area contributed by atoms with Crippen molar-refractivity contribution in [3.8, 4) is 17.0 Å². The lowest BCUT2D eigenvalue weighted by Crippen LogP contribution is -2.23. The maximum absolute atomic E-state index is 13.4. The number of halogens is 1. The first-order valence-corrected chi connectivity index (χ1v) is 14.6. The maximum atomic E-state index is 13.4. The van der Waals surface area contributed by atoms with E-state index < -0.39 is 10.1 Å². The number of benzene rings is 3. The van der Waals surface area contributed by atoms with Gasteiger partial charge in [-0.2, -0.15) is 8.42 Å². The number of nitrogens with one attached hydrogen (secondary N) is 1. The van der Waals surface area contributed by atoms with E-state index in [-0.39, 0.29) is 10.6 Å². The number of pyridine rings is 1. The van der Waals surface area contributed by atoms with E-state index in [0.717, 1.165) is 39.6 Å². The highest BCUT2D eigenvalue weighted by molar-refractivity contribution is 9.10. The predicted molar refractivity (Wildman–Crippen MR) is 151 cm³/mol. The summed E-state index contributed by atoms with van der Waals surface area (Å²) in [6.07, 6.45) is 7.80. The number of hydrogen-bond acceptors (Lipinski definition) is 5. The van der Waals surface area contributed by atoms with E-state index in [1.54, 1.807) is 30.3 Å². The van der Waals surface area contributed by atoms with Gasteiger partial charge in [0.2, 0.25) is 0 Å². The molecule has 6 nitrogen and oxygen atoms in total. The minimum atomic E-state index is -4.07. The topological polar surface area (TPSA) is 72.7 Å². The molecule has 6 rings (SSSR count). The molecule has 1 fully saturated rings. The van der Waals surface area contributed by atoms with Crippen LogP contribution in [0.3, 0.4) is 0 Å². The number of rotatable bonds is 6. The first kappa shape index (κ1) is 24.0. The van der Waals surface area contributed by atoms with E-state index in [1.165, 1.54) is 19.3 Å². The third kappa shape index (κ3) is 4.83. The summed E-state index contributed by atoms with van der Waals surface area (Å²) in [6.45, 7) is 0. The van der Waals surface area contributed by atoms with Crippen molar-refractivity contribution < 1.29 is 12.6 Å². The van der Waals surface area contributed by atoms with Crippen molar-refractivity contribution >= 4 is 48.3 Å². The third-order valence-corrected chi connectivity index (χ3v) is 8.58. The van der Waals surface area contributed by atoms with E-state index in [4.69, 9.17) is 9.17 Å². The third-order valence-electron chi connectivity index (χ3n) is 6.88. The smallest absolute Gasteiger partial charge is 0.339 e. The molecule has 1 saturated carbocycles. The zero-order valence-corrected chi connectivity index (χ0v) is 22.5. The Labute approximate surface area is 224 Å². The van der Waals surface area contributed by atoms with Crippen LogP contribution < -0.4 is 9.50 Å². The van der Waals surface area contributed by atoms with E-state index >= 15 is 0 Å². The van der Waals surface area contributed by atoms with Gasteiger partial charge in [0.1, 0.15) is 22.1 Å². The fourth-order valence-electron chi connectivity index (χ4n) is 5.01. The standard InChI is InChI=1S/C29H26BrN3O3S/c30-22-15-17-27-32-28(29(33(27)19-22)31-23-10-2-1-3-11-23)25-12-6-7-13-26(25)36-37(34,35)24-16-14-20-8-4-5-9-21(20)18-24/h4-9,12-19,23,31H,1-3,10-11H2. The number of imidazole rings is 1. The van der Waals surface area contributed by atoms with Crippen LogP contribution in [0, 0.1) is 0 Å². The molecule has 2 heterocycles. The van der Waals surface area contributed by atoms with Gasteiger partial charge in [0.05, 0.1) is 0 Å². The Morgan fingerprint density at radius 3 is 2.49 bits per heavy atom.